The Hall–Kier alpha value is -1.83. The summed E-state index contributed by atoms with van der Waals surface area (Å²) in [5, 5.41) is 0. The summed E-state index contributed by atoms with van der Waals surface area (Å²) in [6.07, 6.45) is 0. The van der Waals surface area contributed by atoms with Gasteiger partial charge in [-0.1, -0.05) is 17.7 Å². The van der Waals surface area contributed by atoms with Gasteiger partial charge in [-0.3, -0.25) is 0 Å². The van der Waals surface area contributed by atoms with Crippen LogP contribution < -0.4 is 5.73 Å². The first-order chi connectivity index (χ1) is 7.99. The quantitative estimate of drug-likeness (QED) is 0.735. The topological polar surface area (TPSA) is 26.0 Å². The molecule has 0 saturated carbocycles. The molecule has 0 spiro atoms. The molecule has 0 amide bonds. The number of rotatable bonds is 1. The molecular formula is C15H16FN. The number of nitrogen functional groups attached to an aromatic ring is 1. The van der Waals surface area contributed by atoms with Crippen molar-refractivity contribution in [3.8, 4) is 11.1 Å². The van der Waals surface area contributed by atoms with Gasteiger partial charge in [0.2, 0.25) is 0 Å². The van der Waals surface area contributed by atoms with Crippen molar-refractivity contribution >= 4 is 5.69 Å². The van der Waals surface area contributed by atoms with E-state index >= 15 is 0 Å². The Balaban J connectivity index is 2.68. The summed E-state index contributed by atoms with van der Waals surface area (Å²) in [6.45, 7) is 6.05. The summed E-state index contributed by atoms with van der Waals surface area (Å²) < 4.78 is 13.9. The van der Waals surface area contributed by atoms with Crippen molar-refractivity contribution < 1.29 is 4.39 Å². The van der Waals surface area contributed by atoms with E-state index in [1.807, 2.05) is 20.8 Å². The standard InChI is InChI=1S/C15H16FN/c1-9-6-10(2)15(11(3)7-9)13-5-4-12(17)8-14(13)16/h4-8H,17H2,1-3H3. The maximum absolute atomic E-state index is 13.9. The average Bonchev–Trinajstić information content (AvgIpc) is 2.19. The first kappa shape index (κ1) is 11.6. The molecule has 0 atom stereocenters. The zero-order chi connectivity index (χ0) is 12.6. The Kier molecular flexibility index (Phi) is 2.88. The van der Waals surface area contributed by atoms with Gasteiger partial charge in [-0.05, 0) is 55.7 Å². The van der Waals surface area contributed by atoms with Gasteiger partial charge in [-0.15, -0.1) is 0 Å². The van der Waals surface area contributed by atoms with Crippen LogP contribution in [0.15, 0.2) is 30.3 Å². The fourth-order valence-corrected chi connectivity index (χ4v) is 2.34. The molecule has 0 heterocycles. The minimum Gasteiger partial charge on any atom is -0.399 e. The predicted octanol–water partition coefficient (Wildman–Crippen LogP) is 4.00. The monoisotopic (exact) mass is 229 g/mol. The van der Waals surface area contributed by atoms with Crippen LogP contribution >= 0.6 is 0 Å². The number of benzene rings is 2. The molecule has 2 heteroatoms. The lowest BCUT2D eigenvalue weighted by atomic mass is 9.93. The van der Waals surface area contributed by atoms with Gasteiger partial charge in [0.15, 0.2) is 0 Å². The molecule has 0 fully saturated rings. The summed E-state index contributed by atoms with van der Waals surface area (Å²) in [5.74, 6) is -0.264. The van der Waals surface area contributed by atoms with Crippen molar-refractivity contribution in [2.24, 2.45) is 0 Å². The van der Waals surface area contributed by atoms with Crippen LogP contribution in [0.5, 0.6) is 0 Å². The summed E-state index contributed by atoms with van der Waals surface area (Å²) in [7, 11) is 0. The fraction of sp³-hybridized carbons (Fsp3) is 0.200. The van der Waals surface area contributed by atoms with E-state index in [-0.39, 0.29) is 5.82 Å². The molecule has 2 rings (SSSR count). The second kappa shape index (κ2) is 4.21. The van der Waals surface area contributed by atoms with E-state index in [1.165, 1.54) is 11.6 Å². The SMILES string of the molecule is Cc1cc(C)c(-c2ccc(N)cc2F)c(C)c1. The Bertz CT molecular complexity index is 550. The number of aryl methyl sites for hydroxylation is 3. The van der Waals surface area contributed by atoms with Crippen molar-refractivity contribution in [3.63, 3.8) is 0 Å². The van der Waals surface area contributed by atoms with Crippen molar-refractivity contribution in [1.29, 1.82) is 0 Å². The maximum atomic E-state index is 13.9. The van der Waals surface area contributed by atoms with Crippen LogP contribution in [0, 0.1) is 26.6 Å². The average molecular weight is 229 g/mol. The van der Waals surface area contributed by atoms with Gasteiger partial charge in [0, 0.05) is 11.3 Å². The van der Waals surface area contributed by atoms with E-state index in [4.69, 9.17) is 5.73 Å². The molecule has 0 aliphatic carbocycles. The van der Waals surface area contributed by atoms with E-state index in [2.05, 4.69) is 12.1 Å². The highest BCUT2D eigenvalue weighted by Gasteiger charge is 2.11. The normalized spacial score (nSPS) is 10.6. The molecule has 2 aromatic carbocycles. The lowest BCUT2D eigenvalue weighted by Crippen LogP contribution is -1.94. The van der Waals surface area contributed by atoms with Gasteiger partial charge in [0.1, 0.15) is 5.82 Å². The van der Waals surface area contributed by atoms with Gasteiger partial charge in [-0.2, -0.15) is 0 Å². The highest BCUT2D eigenvalue weighted by molar-refractivity contribution is 5.73. The van der Waals surface area contributed by atoms with Gasteiger partial charge in [0.05, 0.1) is 0 Å². The molecule has 2 aromatic rings. The fourth-order valence-electron chi connectivity index (χ4n) is 2.34. The number of hydrogen-bond acceptors (Lipinski definition) is 1. The van der Waals surface area contributed by atoms with E-state index in [0.29, 0.717) is 11.3 Å². The van der Waals surface area contributed by atoms with Crippen molar-refractivity contribution in [2.75, 3.05) is 5.73 Å². The number of hydrogen-bond donors (Lipinski definition) is 1. The van der Waals surface area contributed by atoms with Crippen LogP contribution in [0.25, 0.3) is 11.1 Å². The van der Waals surface area contributed by atoms with Crippen molar-refractivity contribution in [2.45, 2.75) is 20.8 Å². The third-order valence-electron chi connectivity index (χ3n) is 2.94. The minimum absolute atomic E-state index is 0.264. The van der Waals surface area contributed by atoms with Crippen molar-refractivity contribution in [3.05, 3.63) is 52.8 Å². The van der Waals surface area contributed by atoms with Gasteiger partial charge >= 0.3 is 0 Å². The zero-order valence-corrected chi connectivity index (χ0v) is 10.3. The van der Waals surface area contributed by atoms with E-state index in [0.717, 1.165) is 16.7 Å². The van der Waals surface area contributed by atoms with E-state index < -0.39 is 0 Å². The second-order valence-electron chi connectivity index (χ2n) is 4.51. The molecule has 2 N–H and O–H groups in total. The largest absolute Gasteiger partial charge is 0.399 e. The molecule has 1 nitrogen and oxygen atoms in total. The number of anilines is 1. The van der Waals surface area contributed by atoms with Gasteiger partial charge in [-0.25, -0.2) is 4.39 Å². The van der Waals surface area contributed by atoms with Crippen LogP contribution in [-0.4, -0.2) is 0 Å². The molecule has 88 valence electrons. The molecular weight excluding hydrogens is 213 g/mol. The molecule has 0 aromatic heterocycles. The van der Waals surface area contributed by atoms with Crippen LogP contribution in [0.4, 0.5) is 10.1 Å². The highest BCUT2D eigenvalue weighted by atomic mass is 19.1. The second-order valence-corrected chi connectivity index (χ2v) is 4.51. The zero-order valence-electron chi connectivity index (χ0n) is 10.3. The number of halogens is 1. The van der Waals surface area contributed by atoms with Crippen LogP contribution in [0.3, 0.4) is 0 Å². The molecule has 17 heavy (non-hydrogen) atoms. The van der Waals surface area contributed by atoms with Gasteiger partial charge < -0.3 is 5.73 Å². The highest BCUT2D eigenvalue weighted by Crippen LogP contribution is 2.31. The predicted molar refractivity (Wildman–Crippen MR) is 70.5 cm³/mol. The third kappa shape index (κ3) is 2.16. The molecule has 0 unspecified atom stereocenters. The van der Waals surface area contributed by atoms with Crippen molar-refractivity contribution in [1.82, 2.24) is 0 Å². The summed E-state index contributed by atoms with van der Waals surface area (Å²) in [4.78, 5) is 0. The van der Waals surface area contributed by atoms with E-state index in [9.17, 15) is 4.39 Å². The Labute approximate surface area is 101 Å². The molecule has 0 radical (unpaired) electrons. The van der Waals surface area contributed by atoms with E-state index in [1.54, 1.807) is 12.1 Å². The third-order valence-corrected chi connectivity index (χ3v) is 2.94. The van der Waals surface area contributed by atoms with Crippen LogP contribution in [-0.2, 0) is 0 Å². The van der Waals surface area contributed by atoms with Crippen LogP contribution in [0.2, 0.25) is 0 Å². The maximum Gasteiger partial charge on any atom is 0.133 e. The first-order valence-corrected chi connectivity index (χ1v) is 5.62. The molecule has 0 aliphatic rings. The Morgan fingerprint density at radius 1 is 0.941 bits per heavy atom. The molecule has 0 saturated heterocycles. The summed E-state index contributed by atoms with van der Waals surface area (Å²) >= 11 is 0. The van der Waals surface area contributed by atoms with Crippen LogP contribution in [0.1, 0.15) is 16.7 Å². The lowest BCUT2D eigenvalue weighted by molar-refractivity contribution is 0.631. The Morgan fingerprint density at radius 2 is 1.53 bits per heavy atom. The lowest BCUT2D eigenvalue weighted by Gasteiger charge is -2.12. The summed E-state index contributed by atoms with van der Waals surface area (Å²) in [6, 6.07) is 8.98. The number of nitrogens with two attached hydrogens (primary N) is 1. The molecule has 0 bridgehead atoms. The minimum atomic E-state index is -0.264. The molecule has 0 aliphatic heterocycles. The smallest absolute Gasteiger partial charge is 0.133 e. The first-order valence-electron chi connectivity index (χ1n) is 5.62. The van der Waals surface area contributed by atoms with Gasteiger partial charge in [0.25, 0.3) is 0 Å². The Morgan fingerprint density at radius 3 is 2.06 bits per heavy atom. The summed E-state index contributed by atoms with van der Waals surface area (Å²) in [5.41, 5.74) is 11.0.